The molecule has 0 aliphatic carbocycles. The van der Waals surface area contributed by atoms with Crippen LogP contribution in [0.1, 0.15) is 121 Å². The van der Waals surface area contributed by atoms with Crippen LogP contribution in [-0.4, -0.2) is 97.2 Å². The third-order valence-corrected chi connectivity index (χ3v) is 12.9. The van der Waals surface area contributed by atoms with Gasteiger partial charge in [-0.3, -0.25) is 9.59 Å². The molecule has 0 aromatic heterocycles. The number of allylic oxidation sites excluding steroid dienone is 4. The fourth-order valence-corrected chi connectivity index (χ4v) is 8.60. The molecule has 0 saturated carbocycles. The molecule has 0 aromatic rings. The zero-order chi connectivity index (χ0) is 41.4. The van der Waals surface area contributed by atoms with E-state index in [1.165, 1.54) is 39.8 Å². The van der Waals surface area contributed by atoms with Crippen LogP contribution in [0.3, 0.4) is 0 Å². The molecule has 11 heteroatoms. The lowest BCUT2D eigenvalue weighted by Gasteiger charge is -2.52. The van der Waals surface area contributed by atoms with Crippen molar-refractivity contribution in [2.45, 2.75) is 175 Å². The lowest BCUT2D eigenvalue weighted by atomic mass is 9.75. The van der Waals surface area contributed by atoms with Gasteiger partial charge in [0.15, 0.2) is 11.6 Å². The summed E-state index contributed by atoms with van der Waals surface area (Å²) < 4.78 is 19.7. The quantitative estimate of drug-likeness (QED) is 0.224. The van der Waals surface area contributed by atoms with Gasteiger partial charge in [-0.05, 0) is 70.1 Å². The first-order valence-corrected chi connectivity index (χ1v) is 20.8. The average molecular weight is 777 g/mol. The number of carbonyl (C=O) groups is 3. The standard InChI is InChI=1S/C44H72O11/c1-11-33-16-14-12-13-15-27(4)41(50)43(10,52)42(51)32(9)40(49)31(8)39(48)30(7)38(47)26(3)17-20-37(46)53-36-24-44(54-34(19-18-33)29(36)6)22-21-25(2)35(55-44)23-28(5)45/h12-14,16-17,20,25-36,38,40-41,45,47,49-50,52H,11,15,18-19,21-24H2,1-10H3/b13-12-,16-14+,20-17+/t25-,26-,27+,28+,29+,30-,31-,32-,33-,34-,35-,36-,38?,40+,41-,43+,44-/m0/s1. The maximum atomic E-state index is 13.5. The van der Waals surface area contributed by atoms with Gasteiger partial charge < -0.3 is 39.7 Å². The lowest BCUT2D eigenvalue weighted by molar-refractivity contribution is -0.347. The van der Waals surface area contributed by atoms with Crippen LogP contribution in [0.5, 0.6) is 0 Å². The predicted molar refractivity (Wildman–Crippen MR) is 210 cm³/mol. The molecule has 3 heterocycles. The molecular weight excluding hydrogens is 704 g/mol. The summed E-state index contributed by atoms with van der Waals surface area (Å²) >= 11 is 0. The number of hydrogen-bond donors (Lipinski definition) is 5. The van der Waals surface area contributed by atoms with Crippen molar-refractivity contribution in [3.8, 4) is 0 Å². The molecule has 11 nitrogen and oxygen atoms in total. The van der Waals surface area contributed by atoms with Gasteiger partial charge in [-0.1, -0.05) is 85.8 Å². The van der Waals surface area contributed by atoms with Crippen LogP contribution in [0.25, 0.3) is 0 Å². The Hall–Kier alpha value is -2.25. The van der Waals surface area contributed by atoms with E-state index < -0.39 is 89.0 Å². The van der Waals surface area contributed by atoms with E-state index in [2.05, 4.69) is 19.9 Å². The predicted octanol–water partition coefficient (Wildman–Crippen LogP) is 5.64. The summed E-state index contributed by atoms with van der Waals surface area (Å²) in [7, 11) is 0. The summed E-state index contributed by atoms with van der Waals surface area (Å²) in [6.07, 6.45) is 10.1. The molecule has 3 aliphatic heterocycles. The summed E-state index contributed by atoms with van der Waals surface area (Å²) in [6.45, 7) is 17.1. The van der Waals surface area contributed by atoms with E-state index in [9.17, 15) is 39.9 Å². The Morgan fingerprint density at radius 3 is 2.13 bits per heavy atom. The van der Waals surface area contributed by atoms with Gasteiger partial charge in [-0.2, -0.15) is 0 Å². The third-order valence-electron chi connectivity index (χ3n) is 12.9. The summed E-state index contributed by atoms with van der Waals surface area (Å²) in [4.78, 5) is 40.3. The molecule has 3 rings (SSSR count). The highest BCUT2D eigenvalue weighted by atomic mass is 16.7. The number of Topliss-reactive ketones (excluding diaryl/α,β-unsaturated/α-hetero) is 2. The molecule has 55 heavy (non-hydrogen) atoms. The maximum Gasteiger partial charge on any atom is 0.330 e. The molecule has 0 radical (unpaired) electrons. The van der Waals surface area contributed by atoms with Crippen LogP contribution in [0, 0.1) is 47.3 Å². The second-order valence-corrected chi connectivity index (χ2v) is 17.6. The Morgan fingerprint density at radius 1 is 0.836 bits per heavy atom. The van der Waals surface area contributed by atoms with Crippen LogP contribution < -0.4 is 0 Å². The van der Waals surface area contributed by atoms with Gasteiger partial charge in [-0.25, -0.2) is 4.79 Å². The number of rotatable bonds is 3. The normalized spacial score (nSPS) is 46.1. The average Bonchev–Trinajstić information content (AvgIpc) is 3.14. The second-order valence-electron chi connectivity index (χ2n) is 17.6. The molecule has 1 spiro atoms. The number of ketones is 2. The Balaban J connectivity index is 1.95. The van der Waals surface area contributed by atoms with Gasteiger partial charge in [0.1, 0.15) is 17.5 Å². The molecule has 0 aromatic carbocycles. The summed E-state index contributed by atoms with van der Waals surface area (Å²) in [6, 6.07) is 0. The number of aliphatic hydroxyl groups is 5. The molecule has 314 valence electrons. The maximum absolute atomic E-state index is 13.5. The second kappa shape index (κ2) is 20.4. The number of carbonyl (C=O) groups excluding carboxylic acids is 3. The molecule has 3 aliphatic rings. The third kappa shape index (κ3) is 12.1. The highest BCUT2D eigenvalue weighted by Gasteiger charge is 2.51. The molecular formula is C44H72O11. The summed E-state index contributed by atoms with van der Waals surface area (Å²) in [5, 5.41) is 54.9. The molecule has 5 N–H and O–H groups in total. The van der Waals surface area contributed by atoms with Crippen LogP contribution in [0.4, 0.5) is 0 Å². The van der Waals surface area contributed by atoms with Crippen molar-refractivity contribution in [2.75, 3.05) is 0 Å². The molecule has 17 atom stereocenters. The van der Waals surface area contributed by atoms with Gasteiger partial charge in [0.2, 0.25) is 0 Å². The fourth-order valence-electron chi connectivity index (χ4n) is 8.60. The van der Waals surface area contributed by atoms with Crippen molar-refractivity contribution in [3.63, 3.8) is 0 Å². The number of ether oxygens (including phenoxy) is 3. The van der Waals surface area contributed by atoms with Crippen molar-refractivity contribution in [3.05, 3.63) is 36.5 Å². The lowest BCUT2D eigenvalue weighted by Crippen LogP contribution is -2.57. The first-order valence-electron chi connectivity index (χ1n) is 20.8. The molecule has 0 amide bonds. The van der Waals surface area contributed by atoms with Crippen molar-refractivity contribution < 1.29 is 54.1 Å². The van der Waals surface area contributed by atoms with Gasteiger partial charge >= 0.3 is 5.97 Å². The van der Waals surface area contributed by atoms with E-state index in [1.807, 2.05) is 25.2 Å². The number of aliphatic hydroxyl groups excluding tert-OH is 4. The minimum atomic E-state index is -2.18. The van der Waals surface area contributed by atoms with Gasteiger partial charge in [0.05, 0.1) is 36.6 Å². The summed E-state index contributed by atoms with van der Waals surface area (Å²) in [5.41, 5.74) is -2.18. The molecule has 2 saturated heterocycles. The SMILES string of the molecule is CC[C@H]1/C=C/C=C\C[C@@H](C)[C@H](O)[C@@](C)(O)C(=O)[C@@H](C)[C@H](O)[C@@H](C)C(=O)[C@@H](C)C(O)[C@@H](C)/C=C/C(=O)O[C@H]2C[C@@]3(CC[C@H](C)[C@H](C[C@@H](C)O)O3)O[C@@H](CC1)[C@H]2C. The van der Waals surface area contributed by atoms with Crippen molar-refractivity contribution in [1.29, 1.82) is 0 Å². The van der Waals surface area contributed by atoms with Crippen LogP contribution in [-0.2, 0) is 28.6 Å². The van der Waals surface area contributed by atoms with Crippen LogP contribution >= 0.6 is 0 Å². The Labute approximate surface area is 329 Å². The van der Waals surface area contributed by atoms with E-state index in [1.54, 1.807) is 20.8 Å². The minimum Gasteiger partial charge on any atom is -0.459 e. The van der Waals surface area contributed by atoms with E-state index in [-0.39, 0.29) is 30.0 Å². The highest BCUT2D eigenvalue weighted by molar-refractivity contribution is 5.91. The smallest absolute Gasteiger partial charge is 0.330 e. The Bertz CT molecular complexity index is 1350. The van der Waals surface area contributed by atoms with Crippen molar-refractivity contribution in [1.82, 2.24) is 0 Å². The molecule has 2 bridgehead atoms. The highest BCUT2D eigenvalue weighted by Crippen LogP contribution is 2.46. The Morgan fingerprint density at radius 2 is 1.49 bits per heavy atom. The summed E-state index contributed by atoms with van der Waals surface area (Å²) in [5.74, 6) is -6.86. The number of fused-ring (bicyclic) bond motifs is 2. The zero-order valence-electron chi connectivity index (χ0n) is 35.0. The van der Waals surface area contributed by atoms with E-state index in [4.69, 9.17) is 14.2 Å². The minimum absolute atomic E-state index is 0.144. The van der Waals surface area contributed by atoms with Gasteiger partial charge in [0.25, 0.3) is 0 Å². The number of esters is 1. The van der Waals surface area contributed by atoms with E-state index in [0.717, 1.165) is 19.3 Å². The van der Waals surface area contributed by atoms with Crippen molar-refractivity contribution in [2.24, 2.45) is 47.3 Å². The first kappa shape index (κ1) is 47.1. The largest absolute Gasteiger partial charge is 0.459 e. The molecule has 1 unspecified atom stereocenters. The first-order chi connectivity index (χ1) is 25.6. The topological polar surface area (TPSA) is 180 Å². The van der Waals surface area contributed by atoms with Crippen LogP contribution in [0.2, 0.25) is 0 Å². The fraction of sp³-hybridized carbons (Fsp3) is 0.795. The monoisotopic (exact) mass is 777 g/mol. The van der Waals surface area contributed by atoms with Gasteiger partial charge in [-0.15, -0.1) is 0 Å². The Kier molecular flexibility index (Phi) is 17.5. The van der Waals surface area contributed by atoms with E-state index in [0.29, 0.717) is 32.1 Å². The van der Waals surface area contributed by atoms with Gasteiger partial charge in [0, 0.05) is 48.5 Å². The zero-order valence-corrected chi connectivity index (χ0v) is 35.0. The van der Waals surface area contributed by atoms with Crippen LogP contribution in [0.15, 0.2) is 36.5 Å². The molecule has 2 fully saturated rings. The number of hydrogen-bond acceptors (Lipinski definition) is 11. The van der Waals surface area contributed by atoms with E-state index >= 15 is 0 Å². The van der Waals surface area contributed by atoms with Crippen molar-refractivity contribution >= 4 is 17.5 Å².